The average molecular weight is 375 g/mol. The second kappa shape index (κ2) is 8.85. The lowest BCUT2D eigenvalue weighted by Gasteiger charge is -2.25. The highest BCUT2D eigenvalue weighted by Crippen LogP contribution is 2.23. The summed E-state index contributed by atoms with van der Waals surface area (Å²) in [6.45, 7) is 3.71. The van der Waals surface area contributed by atoms with E-state index in [4.69, 9.17) is 0 Å². The Balaban J connectivity index is 2.22. The van der Waals surface area contributed by atoms with Crippen LogP contribution in [0.25, 0.3) is 0 Å². The molecule has 0 saturated heterocycles. The Bertz CT molecular complexity index is 835. The summed E-state index contributed by atoms with van der Waals surface area (Å²) < 4.78 is 25.8. The van der Waals surface area contributed by atoms with Crippen molar-refractivity contribution >= 4 is 21.6 Å². The van der Waals surface area contributed by atoms with Gasteiger partial charge in [0.15, 0.2) is 0 Å². The van der Waals surface area contributed by atoms with Gasteiger partial charge in [-0.25, -0.2) is 8.42 Å². The van der Waals surface area contributed by atoms with Crippen molar-refractivity contribution < 1.29 is 13.2 Å². The number of para-hydroxylation sites is 1. The molecule has 0 aliphatic heterocycles. The molecule has 5 nitrogen and oxygen atoms in total. The zero-order valence-electron chi connectivity index (χ0n) is 15.5. The summed E-state index contributed by atoms with van der Waals surface area (Å²) in [5.74, 6) is -0.322. The molecule has 0 aromatic heterocycles. The third kappa shape index (κ3) is 5.08. The number of amides is 1. The van der Waals surface area contributed by atoms with Gasteiger partial charge in [-0.2, -0.15) is 0 Å². The Morgan fingerprint density at radius 1 is 1.04 bits per heavy atom. The molecule has 1 amide bonds. The lowest BCUT2D eigenvalue weighted by Crippen LogP contribution is -2.41. The lowest BCUT2D eigenvalue weighted by atomic mass is 10.0. The molecule has 26 heavy (non-hydrogen) atoms. The number of benzene rings is 2. The van der Waals surface area contributed by atoms with E-state index < -0.39 is 10.0 Å². The summed E-state index contributed by atoms with van der Waals surface area (Å²) >= 11 is 0. The van der Waals surface area contributed by atoms with Crippen molar-refractivity contribution in [1.29, 1.82) is 0 Å². The maximum atomic E-state index is 12.6. The molecule has 140 valence electrons. The number of anilines is 1. The standard InChI is InChI=1S/C20H26N2O3S/c1-4-16-11-9-10-14-19(16)22(26(3,24)25)15-20(23)21-18(5-2)17-12-7-6-8-13-17/h6-14,18H,4-5,15H2,1-3H3,(H,21,23)/t18-/m0/s1. The monoisotopic (exact) mass is 374 g/mol. The third-order valence-electron chi connectivity index (χ3n) is 4.27. The number of rotatable bonds is 8. The molecule has 1 N–H and O–H groups in total. The molecule has 0 spiro atoms. The molecular weight excluding hydrogens is 348 g/mol. The number of carbonyl (C=O) groups is 1. The number of hydrogen-bond acceptors (Lipinski definition) is 3. The van der Waals surface area contributed by atoms with Gasteiger partial charge in [-0.05, 0) is 30.0 Å². The highest BCUT2D eigenvalue weighted by atomic mass is 32.2. The second-order valence-electron chi connectivity index (χ2n) is 6.19. The molecule has 2 aromatic carbocycles. The maximum absolute atomic E-state index is 12.6. The van der Waals surface area contributed by atoms with Gasteiger partial charge in [0.2, 0.25) is 15.9 Å². The zero-order valence-corrected chi connectivity index (χ0v) is 16.3. The third-order valence-corrected chi connectivity index (χ3v) is 5.40. The number of nitrogens with zero attached hydrogens (tertiary/aromatic N) is 1. The predicted molar refractivity (Wildman–Crippen MR) is 106 cm³/mol. The van der Waals surface area contributed by atoms with Crippen LogP contribution >= 0.6 is 0 Å². The Hall–Kier alpha value is -2.34. The van der Waals surface area contributed by atoms with Crippen molar-refractivity contribution in [2.75, 3.05) is 17.1 Å². The van der Waals surface area contributed by atoms with Crippen LogP contribution < -0.4 is 9.62 Å². The molecule has 0 fully saturated rings. The van der Waals surface area contributed by atoms with Gasteiger partial charge in [-0.1, -0.05) is 62.4 Å². The Kier molecular flexibility index (Phi) is 6.80. The molecule has 2 rings (SSSR count). The van der Waals surface area contributed by atoms with Crippen LogP contribution in [-0.4, -0.2) is 27.1 Å². The number of nitrogens with one attached hydrogen (secondary N) is 1. The number of aryl methyl sites for hydroxylation is 1. The predicted octanol–water partition coefficient (Wildman–Crippen LogP) is 3.28. The topological polar surface area (TPSA) is 66.5 Å². The molecular formula is C20H26N2O3S. The first-order valence-corrected chi connectivity index (χ1v) is 10.6. The van der Waals surface area contributed by atoms with Gasteiger partial charge in [-0.15, -0.1) is 0 Å². The van der Waals surface area contributed by atoms with Crippen molar-refractivity contribution in [1.82, 2.24) is 5.32 Å². The van der Waals surface area contributed by atoms with Crippen LogP contribution in [0.3, 0.4) is 0 Å². The normalized spacial score (nSPS) is 12.4. The first-order chi connectivity index (χ1) is 12.4. The minimum Gasteiger partial charge on any atom is -0.348 e. The minimum atomic E-state index is -3.58. The molecule has 0 unspecified atom stereocenters. The second-order valence-corrected chi connectivity index (χ2v) is 8.10. The van der Waals surface area contributed by atoms with E-state index in [1.807, 2.05) is 56.3 Å². The molecule has 0 heterocycles. The molecule has 1 atom stereocenters. The highest BCUT2D eigenvalue weighted by molar-refractivity contribution is 7.92. The Morgan fingerprint density at radius 2 is 1.65 bits per heavy atom. The van der Waals surface area contributed by atoms with Crippen LogP contribution in [0.1, 0.15) is 37.4 Å². The van der Waals surface area contributed by atoms with Gasteiger partial charge in [0, 0.05) is 0 Å². The maximum Gasteiger partial charge on any atom is 0.241 e. The van der Waals surface area contributed by atoms with Gasteiger partial charge in [0.25, 0.3) is 0 Å². The summed E-state index contributed by atoms with van der Waals surface area (Å²) in [7, 11) is -3.58. The summed E-state index contributed by atoms with van der Waals surface area (Å²) in [5.41, 5.74) is 2.45. The van der Waals surface area contributed by atoms with Crippen LogP contribution in [0.4, 0.5) is 5.69 Å². The van der Waals surface area contributed by atoms with E-state index in [1.54, 1.807) is 12.1 Å². The van der Waals surface area contributed by atoms with Crippen molar-refractivity contribution in [3.05, 3.63) is 65.7 Å². The molecule has 0 bridgehead atoms. The first kappa shape index (κ1) is 20.0. The first-order valence-electron chi connectivity index (χ1n) is 8.76. The fraction of sp³-hybridized carbons (Fsp3) is 0.350. The largest absolute Gasteiger partial charge is 0.348 e. The summed E-state index contributed by atoms with van der Waals surface area (Å²) in [6.07, 6.45) is 2.53. The van der Waals surface area contributed by atoms with Crippen LogP contribution in [0, 0.1) is 0 Å². The van der Waals surface area contributed by atoms with E-state index in [0.717, 1.165) is 23.8 Å². The van der Waals surface area contributed by atoms with Gasteiger partial charge in [0.1, 0.15) is 6.54 Å². The minimum absolute atomic E-state index is 0.147. The van der Waals surface area contributed by atoms with E-state index in [0.29, 0.717) is 12.1 Å². The van der Waals surface area contributed by atoms with Crippen LogP contribution in [0.2, 0.25) is 0 Å². The van der Waals surface area contributed by atoms with Crippen molar-refractivity contribution in [3.8, 4) is 0 Å². The SMILES string of the molecule is CCc1ccccc1N(CC(=O)N[C@@H](CC)c1ccccc1)S(C)(=O)=O. The fourth-order valence-corrected chi connectivity index (χ4v) is 3.80. The molecule has 6 heteroatoms. The molecule has 0 radical (unpaired) electrons. The highest BCUT2D eigenvalue weighted by Gasteiger charge is 2.24. The summed E-state index contributed by atoms with van der Waals surface area (Å²) in [4.78, 5) is 12.6. The summed E-state index contributed by atoms with van der Waals surface area (Å²) in [5, 5.41) is 2.95. The fourth-order valence-electron chi connectivity index (χ4n) is 2.91. The van der Waals surface area contributed by atoms with E-state index in [-0.39, 0.29) is 18.5 Å². The van der Waals surface area contributed by atoms with Crippen molar-refractivity contribution in [3.63, 3.8) is 0 Å². The van der Waals surface area contributed by atoms with Crippen molar-refractivity contribution in [2.24, 2.45) is 0 Å². The van der Waals surface area contributed by atoms with Crippen LogP contribution in [0.5, 0.6) is 0 Å². The Labute approximate surface area is 156 Å². The van der Waals surface area contributed by atoms with E-state index in [1.165, 1.54) is 4.31 Å². The average Bonchev–Trinajstić information content (AvgIpc) is 2.64. The number of sulfonamides is 1. The van der Waals surface area contributed by atoms with Gasteiger partial charge < -0.3 is 5.32 Å². The number of hydrogen-bond donors (Lipinski definition) is 1. The van der Waals surface area contributed by atoms with E-state index in [2.05, 4.69) is 5.32 Å². The van der Waals surface area contributed by atoms with Crippen molar-refractivity contribution in [2.45, 2.75) is 32.7 Å². The lowest BCUT2D eigenvalue weighted by molar-refractivity contribution is -0.120. The summed E-state index contributed by atoms with van der Waals surface area (Å²) in [6, 6.07) is 16.8. The van der Waals surface area contributed by atoms with Gasteiger partial charge in [0.05, 0.1) is 18.0 Å². The van der Waals surface area contributed by atoms with Crippen LogP contribution in [-0.2, 0) is 21.2 Å². The number of carbonyl (C=O) groups excluding carboxylic acids is 1. The van der Waals surface area contributed by atoms with E-state index in [9.17, 15) is 13.2 Å². The van der Waals surface area contributed by atoms with Crippen LogP contribution in [0.15, 0.2) is 54.6 Å². The smallest absolute Gasteiger partial charge is 0.241 e. The van der Waals surface area contributed by atoms with E-state index >= 15 is 0 Å². The molecule has 2 aromatic rings. The molecule has 0 aliphatic rings. The zero-order chi connectivity index (χ0) is 19.2. The van der Waals surface area contributed by atoms with Gasteiger partial charge in [-0.3, -0.25) is 9.10 Å². The molecule has 0 saturated carbocycles. The molecule has 0 aliphatic carbocycles. The quantitative estimate of drug-likeness (QED) is 0.771. The van der Waals surface area contributed by atoms with Gasteiger partial charge >= 0.3 is 0 Å². The Morgan fingerprint density at radius 3 is 2.23 bits per heavy atom.